The molecule has 0 bridgehead atoms. The number of alkyl halides is 1. The Morgan fingerprint density at radius 3 is 2.50 bits per heavy atom. The van der Waals surface area contributed by atoms with E-state index in [0.29, 0.717) is 5.57 Å². The molecule has 0 aromatic heterocycles. The van der Waals surface area contributed by atoms with Crippen molar-refractivity contribution in [3.05, 3.63) is 11.6 Å². The molecular weight excluding hydrogens is 128 g/mol. The van der Waals surface area contributed by atoms with Gasteiger partial charge in [-0.25, -0.2) is 4.79 Å². The number of aliphatic carboxylic acids is 1. The number of allylic oxidation sites excluding steroid dienone is 1. The van der Waals surface area contributed by atoms with Crippen LogP contribution in [0.25, 0.3) is 0 Å². The third-order valence-electron chi connectivity index (χ3n) is 0.721. The van der Waals surface area contributed by atoms with E-state index >= 15 is 0 Å². The van der Waals surface area contributed by atoms with Crippen molar-refractivity contribution in [2.45, 2.75) is 6.92 Å². The Morgan fingerprint density at radius 1 is 1.88 bits per heavy atom. The standard InChI is InChI=1S/C5H7ClO2/c1-4(2-3-6)5(7)8/h2H,3H2,1H3,(H,7,8). The molecule has 8 heavy (non-hydrogen) atoms. The van der Waals surface area contributed by atoms with Gasteiger partial charge in [0, 0.05) is 11.5 Å². The monoisotopic (exact) mass is 134 g/mol. The minimum atomic E-state index is -0.911. The third kappa shape index (κ3) is 2.64. The maximum absolute atomic E-state index is 9.96. The van der Waals surface area contributed by atoms with Crippen molar-refractivity contribution in [1.29, 1.82) is 0 Å². The van der Waals surface area contributed by atoms with Crippen molar-refractivity contribution in [3.63, 3.8) is 0 Å². The summed E-state index contributed by atoms with van der Waals surface area (Å²) < 4.78 is 0. The van der Waals surface area contributed by atoms with E-state index in [-0.39, 0.29) is 5.88 Å². The van der Waals surface area contributed by atoms with Crippen molar-refractivity contribution >= 4 is 17.6 Å². The number of carboxylic acids is 1. The first kappa shape index (κ1) is 7.50. The largest absolute Gasteiger partial charge is 0.478 e. The molecule has 2 nitrogen and oxygen atoms in total. The molecule has 0 aliphatic rings. The molecule has 0 heterocycles. The Labute approximate surface area is 52.8 Å². The van der Waals surface area contributed by atoms with Gasteiger partial charge in [-0.15, -0.1) is 11.6 Å². The molecule has 0 aliphatic heterocycles. The highest BCUT2D eigenvalue weighted by Gasteiger charge is 1.95. The normalized spacial score (nSPS) is 11.5. The van der Waals surface area contributed by atoms with Crippen LogP contribution >= 0.6 is 11.6 Å². The second-order valence-electron chi connectivity index (χ2n) is 1.35. The van der Waals surface area contributed by atoms with Gasteiger partial charge < -0.3 is 5.11 Å². The van der Waals surface area contributed by atoms with Crippen LogP contribution in [0.5, 0.6) is 0 Å². The van der Waals surface area contributed by atoms with Crippen LogP contribution < -0.4 is 0 Å². The maximum Gasteiger partial charge on any atom is 0.330 e. The average molecular weight is 135 g/mol. The van der Waals surface area contributed by atoms with Gasteiger partial charge in [0.2, 0.25) is 0 Å². The maximum atomic E-state index is 9.96. The fraction of sp³-hybridized carbons (Fsp3) is 0.400. The number of hydrogen-bond acceptors (Lipinski definition) is 1. The summed E-state index contributed by atoms with van der Waals surface area (Å²) in [7, 11) is 0. The summed E-state index contributed by atoms with van der Waals surface area (Å²) in [6.45, 7) is 1.50. The number of carbonyl (C=O) groups is 1. The van der Waals surface area contributed by atoms with Gasteiger partial charge in [-0.3, -0.25) is 0 Å². The van der Waals surface area contributed by atoms with Crippen molar-refractivity contribution < 1.29 is 9.90 Å². The van der Waals surface area contributed by atoms with Gasteiger partial charge in [0.1, 0.15) is 0 Å². The van der Waals surface area contributed by atoms with E-state index in [0.717, 1.165) is 0 Å². The van der Waals surface area contributed by atoms with Gasteiger partial charge in [0.05, 0.1) is 0 Å². The van der Waals surface area contributed by atoms with Gasteiger partial charge in [-0.1, -0.05) is 6.08 Å². The highest BCUT2D eigenvalue weighted by atomic mass is 35.5. The van der Waals surface area contributed by atoms with Crippen molar-refractivity contribution in [2.24, 2.45) is 0 Å². The number of rotatable bonds is 2. The lowest BCUT2D eigenvalue weighted by atomic mass is 10.3. The number of carboxylic acid groups (broad SMARTS) is 1. The predicted molar refractivity (Wildman–Crippen MR) is 32.1 cm³/mol. The van der Waals surface area contributed by atoms with Crippen LogP contribution in [0.3, 0.4) is 0 Å². The molecule has 3 heteroatoms. The van der Waals surface area contributed by atoms with Crippen LogP contribution in [-0.4, -0.2) is 17.0 Å². The minimum Gasteiger partial charge on any atom is -0.478 e. The minimum absolute atomic E-state index is 0.262. The molecule has 0 unspecified atom stereocenters. The zero-order valence-corrected chi connectivity index (χ0v) is 5.27. The summed E-state index contributed by atoms with van der Waals surface area (Å²) >= 11 is 5.20. The van der Waals surface area contributed by atoms with Gasteiger partial charge in [0.15, 0.2) is 0 Å². The molecule has 0 amide bonds. The van der Waals surface area contributed by atoms with Crippen LogP contribution in [0.15, 0.2) is 11.6 Å². The van der Waals surface area contributed by atoms with Gasteiger partial charge in [-0.2, -0.15) is 0 Å². The Kier molecular flexibility index (Phi) is 3.28. The van der Waals surface area contributed by atoms with E-state index in [4.69, 9.17) is 16.7 Å². The first-order valence-electron chi connectivity index (χ1n) is 2.14. The molecule has 0 aromatic rings. The van der Waals surface area contributed by atoms with Crippen molar-refractivity contribution in [2.75, 3.05) is 5.88 Å². The van der Waals surface area contributed by atoms with Crippen LogP contribution in [0.1, 0.15) is 6.92 Å². The van der Waals surface area contributed by atoms with E-state index in [2.05, 4.69) is 0 Å². The summed E-state index contributed by atoms with van der Waals surface area (Å²) in [5.74, 6) is -0.649. The van der Waals surface area contributed by atoms with Gasteiger partial charge in [0.25, 0.3) is 0 Å². The first-order valence-corrected chi connectivity index (χ1v) is 2.68. The van der Waals surface area contributed by atoms with Crippen LogP contribution in [0.2, 0.25) is 0 Å². The Hall–Kier alpha value is -0.500. The fourth-order valence-corrected chi connectivity index (χ4v) is 0.434. The lowest BCUT2D eigenvalue weighted by Gasteiger charge is -1.86. The molecule has 1 N–H and O–H groups in total. The summed E-state index contributed by atoms with van der Waals surface area (Å²) in [5.41, 5.74) is 0.292. The van der Waals surface area contributed by atoms with Crippen molar-refractivity contribution in [3.8, 4) is 0 Å². The van der Waals surface area contributed by atoms with Crippen LogP contribution in [0, 0.1) is 0 Å². The molecule has 0 spiro atoms. The summed E-state index contributed by atoms with van der Waals surface area (Å²) in [4.78, 5) is 9.96. The van der Waals surface area contributed by atoms with Crippen LogP contribution in [-0.2, 0) is 4.79 Å². The molecule has 0 atom stereocenters. The van der Waals surface area contributed by atoms with E-state index in [1.54, 1.807) is 0 Å². The second kappa shape index (κ2) is 3.50. The first-order chi connectivity index (χ1) is 3.68. The summed E-state index contributed by atoms with van der Waals surface area (Å²) in [6, 6.07) is 0. The zero-order valence-electron chi connectivity index (χ0n) is 4.52. The Bertz CT molecular complexity index is 118. The van der Waals surface area contributed by atoms with E-state index in [9.17, 15) is 4.79 Å². The smallest absolute Gasteiger partial charge is 0.330 e. The molecule has 0 fully saturated rings. The topological polar surface area (TPSA) is 37.3 Å². The van der Waals surface area contributed by atoms with Gasteiger partial charge >= 0.3 is 5.97 Å². The Balaban J connectivity index is 3.80. The SMILES string of the molecule is CC(=CCCl)C(=O)O. The lowest BCUT2D eigenvalue weighted by Crippen LogP contribution is -1.95. The van der Waals surface area contributed by atoms with E-state index in [1.807, 2.05) is 0 Å². The fourth-order valence-electron chi connectivity index (χ4n) is 0.203. The molecule has 0 saturated heterocycles. The molecule has 0 rings (SSSR count). The van der Waals surface area contributed by atoms with E-state index < -0.39 is 5.97 Å². The highest BCUT2D eigenvalue weighted by molar-refractivity contribution is 6.19. The number of hydrogen-bond donors (Lipinski definition) is 1. The molecule has 0 aromatic carbocycles. The second-order valence-corrected chi connectivity index (χ2v) is 1.66. The van der Waals surface area contributed by atoms with Crippen LogP contribution in [0.4, 0.5) is 0 Å². The van der Waals surface area contributed by atoms with Gasteiger partial charge in [-0.05, 0) is 6.92 Å². The molecule has 0 aliphatic carbocycles. The summed E-state index contributed by atoms with van der Waals surface area (Å²) in [5, 5.41) is 8.19. The average Bonchev–Trinajstić information content (AvgIpc) is 1.67. The summed E-state index contributed by atoms with van der Waals surface area (Å²) in [6.07, 6.45) is 1.45. The quantitative estimate of drug-likeness (QED) is 0.456. The Morgan fingerprint density at radius 2 is 2.38 bits per heavy atom. The third-order valence-corrected chi connectivity index (χ3v) is 0.875. The molecule has 46 valence electrons. The highest BCUT2D eigenvalue weighted by Crippen LogP contribution is 1.91. The molecule has 0 saturated carbocycles. The van der Waals surface area contributed by atoms with Crippen molar-refractivity contribution in [1.82, 2.24) is 0 Å². The lowest BCUT2D eigenvalue weighted by molar-refractivity contribution is -0.132. The van der Waals surface area contributed by atoms with E-state index in [1.165, 1.54) is 13.0 Å². The number of halogens is 1. The molecular formula is C5H7ClO2. The molecule has 0 radical (unpaired) electrons. The zero-order chi connectivity index (χ0) is 6.57. The predicted octanol–water partition coefficient (Wildman–Crippen LogP) is 1.26.